The van der Waals surface area contributed by atoms with Gasteiger partial charge in [-0.15, -0.1) is 11.3 Å². The predicted molar refractivity (Wildman–Crippen MR) is 107 cm³/mol. The molecule has 7 nitrogen and oxygen atoms in total. The van der Waals surface area contributed by atoms with E-state index in [4.69, 9.17) is 21.1 Å². The highest BCUT2D eigenvalue weighted by molar-refractivity contribution is 7.17. The number of aliphatic carboxylic acids is 1. The number of hydrogen-bond donors (Lipinski definition) is 1. The third-order valence-electron chi connectivity index (χ3n) is 5.14. The molecule has 2 aliphatic rings. The first-order valence-corrected chi connectivity index (χ1v) is 10.6. The Balaban J connectivity index is 1.93. The van der Waals surface area contributed by atoms with Gasteiger partial charge in [0.05, 0.1) is 30.3 Å². The number of ether oxygens (including phenoxy) is 2. The highest BCUT2D eigenvalue weighted by Crippen LogP contribution is 2.41. The van der Waals surface area contributed by atoms with Crippen LogP contribution in [0.1, 0.15) is 54.4 Å². The highest BCUT2D eigenvalue weighted by Gasteiger charge is 2.37. The lowest BCUT2D eigenvalue weighted by Gasteiger charge is -2.30. The number of thiophene rings is 1. The summed E-state index contributed by atoms with van der Waals surface area (Å²) in [7, 11) is 0. The average molecular weight is 441 g/mol. The van der Waals surface area contributed by atoms with Crippen LogP contribution in [-0.2, 0) is 32.1 Å². The molecule has 158 valence electrons. The quantitative estimate of drug-likeness (QED) is 0.705. The number of carbonyl (C=O) groups is 3. The Morgan fingerprint density at radius 1 is 1.38 bits per heavy atom. The summed E-state index contributed by atoms with van der Waals surface area (Å²) in [6.45, 7) is 6.10. The van der Waals surface area contributed by atoms with E-state index in [9.17, 15) is 19.5 Å². The van der Waals surface area contributed by atoms with Crippen LogP contribution in [0.2, 0.25) is 0 Å². The molecule has 0 fully saturated rings. The van der Waals surface area contributed by atoms with E-state index in [0.29, 0.717) is 28.6 Å². The number of carbonyl (C=O) groups excluding carboxylic acids is 3. The molecular weight excluding hydrogens is 418 g/mol. The van der Waals surface area contributed by atoms with Crippen molar-refractivity contribution in [2.75, 3.05) is 11.9 Å². The molecule has 3 rings (SSSR count). The first-order chi connectivity index (χ1) is 13.6. The number of amides is 1. The van der Waals surface area contributed by atoms with E-state index in [1.807, 2.05) is 13.8 Å². The molecule has 0 spiro atoms. The highest BCUT2D eigenvalue weighted by atomic mass is 35.5. The van der Waals surface area contributed by atoms with Gasteiger partial charge in [0.15, 0.2) is 0 Å². The summed E-state index contributed by atoms with van der Waals surface area (Å²) in [5.41, 5.74) is 0.676. The van der Waals surface area contributed by atoms with Crippen molar-refractivity contribution >= 4 is 45.8 Å². The number of anilines is 1. The van der Waals surface area contributed by atoms with Gasteiger partial charge in [-0.25, -0.2) is 4.79 Å². The van der Waals surface area contributed by atoms with Crippen LogP contribution in [0.4, 0.5) is 5.00 Å². The van der Waals surface area contributed by atoms with Crippen molar-refractivity contribution in [1.82, 2.24) is 0 Å². The van der Waals surface area contributed by atoms with Gasteiger partial charge < -0.3 is 24.7 Å². The number of rotatable bonds is 5. The monoisotopic (exact) mass is 440 g/mol. The van der Waals surface area contributed by atoms with Crippen LogP contribution in [0, 0.1) is 11.8 Å². The van der Waals surface area contributed by atoms with E-state index in [0.717, 1.165) is 10.4 Å². The number of halogens is 1. The number of allylic oxidation sites excluding steroid dienone is 2. The molecule has 1 aliphatic heterocycles. The minimum absolute atomic E-state index is 0.113. The van der Waals surface area contributed by atoms with Gasteiger partial charge in [-0.3, -0.25) is 4.79 Å². The molecule has 0 unspecified atom stereocenters. The number of carboxylic acid groups (broad SMARTS) is 1. The van der Waals surface area contributed by atoms with Crippen LogP contribution >= 0.6 is 22.9 Å². The summed E-state index contributed by atoms with van der Waals surface area (Å²) >= 11 is 7.30. The fourth-order valence-corrected chi connectivity index (χ4v) is 5.03. The summed E-state index contributed by atoms with van der Waals surface area (Å²) in [6, 6.07) is 0. The number of hydrogen-bond acceptors (Lipinski definition) is 7. The van der Waals surface area contributed by atoms with Gasteiger partial charge in [-0.1, -0.05) is 17.7 Å². The summed E-state index contributed by atoms with van der Waals surface area (Å²) in [6.07, 6.45) is 2.34. The SMILES string of the molecule is CCOC(=O)c1c(NC(=O)[C@H]2CC(Cl)=CC[C@@H]2C(=O)[O-])sc2c1CC(C)(C)OC2. The van der Waals surface area contributed by atoms with Crippen molar-refractivity contribution in [3.63, 3.8) is 0 Å². The Morgan fingerprint density at radius 2 is 2.10 bits per heavy atom. The summed E-state index contributed by atoms with van der Waals surface area (Å²) in [5.74, 6) is -4.16. The van der Waals surface area contributed by atoms with E-state index in [2.05, 4.69) is 5.32 Å². The van der Waals surface area contributed by atoms with Crippen LogP contribution in [0.5, 0.6) is 0 Å². The molecule has 0 bridgehead atoms. The van der Waals surface area contributed by atoms with Gasteiger partial charge >= 0.3 is 5.97 Å². The molecule has 9 heteroatoms. The van der Waals surface area contributed by atoms with Crippen molar-refractivity contribution in [3.05, 3.63) is 27.1 Å². The van der Waals surface area contributed by atoms with Gasteiger partial charge in [-0.05, 0) is 39.2 Å². The minimum Gasteiger partial charge on any atom is -0.550 e. The summed E-state index contributed by atoms with van der Waals surface area (Å²) in [5, 5.41) is 15.0. The molecule has 0 saturated carbocycles. The Labute approximate surface area is 178 Å². The summed E-state index contributed by atoms with van der Waals surface area (Å²) in [4.78, 5) is 37.9. The maximum Gasteiger partial charge on any atom is 0.341 e. The Bertz CT molecular complexity index is 875. The van der Waals surface area contributed by atoms with Crippen LogP contribution in [0.3, 0.4) is 0 Å². The van der Waals surface area contributed by atoms with Gasteiger partial charge in [-0.2, -0.15) is 0 Å². The molecule has 29 heavy (non-hydrogen) atoms. The second kappa shape index (κ2) is 8.45. The molecule has 0 saturated heterocycles. The van der Waals surface area contributed by atoms with Gasteiger partial charge in [0.1, 0.15) is 5.00 Å². The van der Waals surface area contributed by atoms with E-state index >= 15 is 0 Å². The Hall–Kier alpha value is -1.90. The number of carboxylic acids is 1. The lowest BCUT2D eigenvalue weighted by Crippen LogP contribution is -2.42. The first kappa shape index (κ1) is 21.8. The number of fused-ring (bicyclic) bond motifs is 1. The molecule has 1 aliphatic carbocycles. The molecule has 0 radical (unpaired) electrons. The third-order valence-corrected chi connectivity index (χ3v) is 6.57. The molecule has 2 atom stereocenters. The van der Waals surface area contributed by atoms with Crippen molar-refractivity contribution in [1.29, 1.82) is 0 Å². The lowest BCUT2D eigenvalue weighted by atomic mass is 9.82. The third kappa shape index (κ3) is 4.65. The number of esters is 1. The smallest absolute Gasteiger partial charge is 0.341 e. The molecule has 1 N–H and O–H groups in total. The molecule has 2 heterocycles. The van der Waals surface area contributed by atoms with Crippen molar-refractivity contribution < 1.29 is 29.0 Å². The zero-order valence-electron chi connectivity index (χ0n) is 16.5. The largest absolute Gasteiger partial charge is 0.550 e. The standard InChI is InChI=1S/C20H24ClNO6S/c1-4-27-19(26)15-13-8-20(2,3)28-9-14(13)29-17(15)22-16(23)12-7-10(21)5-6-11(12)18(24)25/h5,11-12H,4,6-9H2,1-3H3,(H,22,23)(H,24,25)/p-1/t11-,12-/m0/s1. The molecule has 1 aromatic rings. The minimum atomic E-state index is -1.29. The fraction of sp³-hybridized carbons (Fsp3) is 0.550. The van der Waals surface area contributed by atoms with Crippen molar-refractivity contribution in [2.45, 2.75) is 52.2 Å². The van der Waals surface area contributed by atoms with E-state index in [1.54, 1.807) is 13.0 Å². The van der Waals surface area contributed by atoms with Gasteiger partial charge in [0.2, 0.25) is 5.91 Å². The number of nitrogens with one attached hydrogen (secondary N) is 1. The van der Waals surface area contributed by atoms with Crippen LogP contribution < -0.4 is 10.4 Å². The predicted octanol–water partition coefficient (Wildman–Crippen LogP) is 2.61. The van der Waals surface area contributed by atoms with E-state index in [-0.39, 0.29) is 19.4 Å². The zero-order chi connectivity index (χ0) is 21.3. The molecule has 1 aromatic heterocycles. The maximum absolute atomic E-state index is 12.9. The lowest BCUT2D eigenvalue weighted by molar-refractivity contribution is -0.313. The summed E-state index contributed by atoms with van der Waals surface area (Å²) < 4.78 is 11.0. The zero-order valence-corrected chi connectivity index (χ0v) is 18.1. The van der Waals surface area contributed by atoms with Crippen LogP contribution in [0.15, 0.2) is 11.1 Å². The van der Waals surface area contributed by atoms with Crippen molar-refractivity contribution in [3.8, 4) is 0 Å². The Morgan fingerprint density at radius 3 is 2.76 bits per heavy atom. The van der Waals surface area contributed by atoms with E-state index in [1.165, 1.54) is 11.3 Å². The Kier molecular flexibility index (Phi) is 6.36. The average Bonchev–Trinajstić information content (AvgIpc) is 2.97. The van der Waals surface area contributed by atoms with Crippen LogP contribution in [0.25, 0.3) is 0 Å². The van der Waals surface area contributed by atoms with E-state index < -0.39 is 35.3 Å². The molecule has 1 amide bonds. The van der Waals surface area contributed by atoms with Crippen molar-refractivity contribution in [2.24, 2.45) is 11.8 Å². The topological polar surface area (TPSA) is 105 Å². The second-order valence-corrected chi connectivity index (χ2v) is 9.36. The fourth-order valence-electron chi connectivity index (χ4n) is 3.66. The normalized spacial score (nSPS) is 23.0. The molecule has 0 aromatic carbocycles. The maximum atomic E-state index is 12.9. The van der Waals surface area contributed by atoms with Gasteiger partial charge in [0.25, 0.3) is 0 Å². The second-order valence-electron chi connectivity index (χ2n) is 7.77. The first-order valence-electron chi connectivity index (χ1n) is 9.44. The van der Waals surface area contributed by atoms with Gasteiger partial charge in [0, 0.05) is 28.2 Å². The van der Waals surface area contributed by atoms with Crippen LogP contribution in [-0.4, -0.2) is 30.1 Å². The molecular formula is C20H23ClNO6S-.